The molecule has 1 aliphatic heterocycles. The molecule has 194 valence electrons. The molecule has 4 amide bonds. The van der Waals surface area contributed by atoms with Crippen LogP contribution in [0.1, 0.15) is 32.0 Å². The predicted molar refractivity (Wildman–Crippen MR) is 123 cm³/mol. The number of amides is 4. The highest BCUT2D eigenvalue weighted by Gasteiger charge is 2.48. The predicted octanol–water partition coefficient (Wildman–Crippen LogP) is 5.41. The summed E-state index contributed by atoms with van der Waals surface area (Å²) in [5.41, 5.74) is -1.98. The summed E-state index contributed by atoms with van der Waals surface area (Å²) in [6, 6.07) is 2.34. The summed E-state index contributed by atoms with van der Waals surface area (Å²) in [6.45, 7) is 5.47. The molecular weight excluding hydrogens is 508 g/mol. The molecule has 0 saturated carbocycles. The number of imide groups is 1. The van der Waals surface area contributed by atoms with Crippen LogP contribution in [0.25, 0.3) is 0 Å². The molecule has 2 heterocycles. The van der Waals surface area contributed by atoms with Gasteiger partial charge in [0.15, 0.2) is 0 Å². The number of likely N-dealkylation sites (N-methyl/N-ethyl adjacent to an activating group) is 1. The molecule has 0 bridgehead atoms. The van der Waals surface area contributed by atoms with E-state index in [0.29, 0.717) is 11.0 Å². The van der Waals surface area contributed by atoms with Crippen LogP contribution in [-0.2, 0) is 15.7 Å². The zero-order valence-electron chi connectivity index (χ0n) is 20.0. The molecule has 1 fully saturated rings. The third kappa shape index (κ3) is 5.69. The van der Waals surface area contributed by atoms with Gasteiger partial charge in [0.1, 0.15) is 23.3 Å². The number of halogens is 5. The smallest absolute Gasteiger partial charge is 0.418 e. The highest BCUT2D eigenvalue weighted by molar-refractivity contribution is 6.31. The van der Waals surface area contributed by atoms with Crippen LogP contribution in [0.2, 0.25) is 5.02 Å². The largest absolute Gasteiger partial charge is 0.443 e. The zero-order valence-corrected chi connectivity index (χ0v) is 20.7. The van der Waals surface area contributed by atoms with Crippen LogP contribution in [0, 0.1) is 12.7 Å². The first kappa shape index (κ1) is 27.2. The monoisotopic (exact) mass is 530 g/mol. The normalized spacial score (nSPS) is 16.4. The van der Waals surface area contributed by atoms with Gasteiger partial charge in [0.25, 0.3) is 5.91 Å². The van der Waals surface area contributed by atoms with Crippen molar-refractivity contribution in [2.75, 3.05) is 23.4 Å². The van der Waals surface area contributed by atoms with Gasteiger partial charge in [-0.2, -0.15) is 13.2 Å². The number of hydrogen-bond acceptors (Lipinski definition) is 5. The van der Waals surface area contributed by atoms with Crippen molar-refractivity contribution in [1.82, 2.24) is 9.88 Å². The molecule has 0 aliphatic carbocycles. The molecule has 36 heavy (non-hydrogen) atoms. The molecule has 1 aromatic heterocycles. The highest BCUT2D eigenvalue weighted by atomic mass is 35.5. The van der Waals surface area contributed by atoms with Crippen LogP contribution >= 0.6 is 11.6 Å². The molecule has 0 unspecified atom stereocenters. The average Bonchev–Trinajstić information content (AvgIpc) is 3.09. The van der Waals surface area contributed by atoms with E-state index in [2.05, 4.69) is 4.98 Å². The number of anilines is 2. The second kappa shape index (κ2) is 9.57. The molecule has 1 aliphatic rings. The number of pyridine rings is 1. The van der Waals surface area contributed by atoms with E-state index in [1.165, 1.54) is 26.1 Å². The van der Waals surface area contributed by atoms with E-state index in [4.69, 9.17) is 16.3 Å². The first-order chi connectivity index (χ1) is 16.5. The van der Waals surface area contributed by atoms with Gasteiger partial charge in [-0.1, -0.05) is 11.6 Å². The van der Waals surface area contributed by atoms with E-state index < -0.39 is 59.6 Å². The van der Waals surface area contributed by atoms with E-state index in [0.717, 1.165) is 21.9 Å². The zero-order chi connectivity index (χ0) is 27.2. The summed E-state index contributed by atoms with van der Waals surface area (Å²) in [6.07, 6.45) is -5.83. The number of urea groups is 1. The molecule has 1 aromatic carbocycles. The third-order valence-electron chi connectivity index (χ3n) is 5.14. The average molecular weight is 531 g/mol. The van der Waals surface area contributed by atoms with Crippen molar-refractivity contribution in [1.29, 1.82) is 0 Å². The van der Waals surface area contributed by atoms with Crippen molar-refractivity contribution in [3.05, 3.63) is 52.4 Å². The van der Waals surface area contributed by atoms with Gasteiger partial charge in [-0.3, -0.25) is 9.69 Å². The van der Waals surface area contributed by atoms with Crippen molar-refractivity contribution in [3.8, 4) is 0 Å². The van der Waals surface area contributed by atoms with E-state index in [1.54, 1.807) is 20.8 Å². The molecule has 2 aromatic rings. The number of aromatic nitrogens is 1. The molecule has 8 nitrogen and oxygen atoms in total. The Balaban J connectivity index is 2.07. The second-order valence-corrected chi connectivity index (χ2v) is 9.52. The summed E-state index contributed by atoms with van der Waals surface area (Å²) in [4.78, 5) is 45.8. The Morgan fingerprint density at radius 2 is 1.81 bits per heavy atom. The summed E-state index contributed by atoms with van der Waals surface area (Å²) in [5, 5.41) is -0.267. The number of alkyl halides is 3. The minimum absolute atomic E-state index is 0.0618. The first-order valence-electron chi connectivity index (χ1n) is 10.6. The van der Waals surface area contributed by atoms with E-state index in [1.807, 2.05) is 0 Å². The fraction of sp³-hybridized carbons (Fsp3) is 0.391. The minimum Gasteiger partial charge on any atom is -0.443 e. The van der Waals surface area contributed by atoms with E-state index in [-0.39, 0.29) is 16.4 Å². The number of nitrogens with zero attached hydrogens (tertiary/aromatic N) is 4. The van der Waals surface area contributed by atoms with Crippen molar-refractivity contribution in [2.24, 2.45) is 0 Å². The Morgan fingerprint density at radius 1 is 1.17 bits per heavy atom. The van der Waals surface area contributed by atoms with Crippen molar-refractivity contribution >= 4 is 41.1 Å². The number of carbonyl (C=O) groups is 3. The van der Waals surface area contributed by atoms with Crippen LogP contribution in [0.3, 0.4) is 0 Å². The number of aryl methyl sites for hydroxylation is 1. The molecule has 13 heteroatoms. The van der Waals surface area contributed by atoms with Crippen LogP contribution in [-0.4, -0.2) is 53.2 Å². The number of ether oxygens (including phenoxy) is 1. The topological polar surface area (TPSA) is 83.1 Å². The van der Waals surface area contributed by atoms with Crippen LogP contribution < -0.4 is 9.80 Å². The lowest BCUT2D eigenvalue weighted by Crippen LogP contribution is -2.47. The van der Waals surface area contributed by atoms with Crippen LogP contribution in [0.5, 0.6) is 0 Å². The van der Waals surface area contributed by atoms with Gasteiger partial charge < -0.3 is 9.64 Å². The summed E-state index contributed by atoms with van der Waals surface area (Å²) in [7, 11) is 1.31. The summed E-state index contributed by atoms with van der Waals surface area (Å²) < 4.78 is 59.2. The Kier molecular flexibility index (Phi) is 7.22. The maximum absolute atomic E-state index is 13.6. The van der Waals surface area contributed by atoms with Gasteiger partial charge in [0.05, 0.1) is 17.1 Å². The van der Waals surface area contributed by atoms with Gasteiger partial charge in [-0.25, -0.2) is 23.9 Å². The van der Waals surface area contributed by atoms with Gasteiger partial charge in [0.2, 0.25) is 0 Å². The molecule has 3 rings (SSSR count). The number of rotatable bonds is 3. The molecular formula is C23H23ClF4N4O4. The fourth-order valence-corrected chi connectivity index (χ4v) is 3.67. The number of hydrogen-bond donors (Lipinski definition) is 0. The minimum atomic E-state index is -4.75. The molecule has 0 N–H and O–H groups in total. The van der Waals surface area contributed by atoms with E-state index in [9.17, 15) is 31.9 Å². The van der Waals surface area contributed by atoms with Crippen LogP contribution in [0.4, 0.5) is 38.7 Å². The quantitative estimate of drug-likeness (QED) is 0.496. The Morgan fingerprint density at radius 3 is 2.36 bits per heavy atom. The number of carbonyl (C=O) groups excluding carboxylic acids is 3. The molecule has 0 spiro atoms. The van der Waals surface area contributed by atoms with Gasteiger partial charge >= 0.3 is 18.3 Å². The third-order valence-corrected chi connectivity index (χ3v) is 5.43. The summed E-state index contributed by atoms with van der Waals surface area (Å²) >= 11 is 5.81. The maximum Gasteiger partial charge on any atom is 0.418 e. The highest BCUT2D eigenvalue weighted by Crippen LogP contribution is 2.34. The maximum atomic E-state index is 13.6. The van der Waals surface area contributed by atoms with Crippen molar-refractivity contribution in [3.63, 3.8) is 0 Å². The van der Waals surface area contributed by atoms with Gasteiger partial charge in [-0.05, 0) is 58.0 Å². The molecule has 0 radical (unpaired) electrons. The molecule has 1 saturated heterocycles. The molecule has 1 atom stereocenters. The second-order valence-electron chi connectivity index (χ2n) is 9.11. The van der Waals surface area contributed by atoms with Gasteiger partial charge in [-0.15, -0.1) is 0 Å². The van der Waals surface area contributed by atoms with Crippen molar-refractivity contribution in [2.45, 2.75) is 45.5 Å². The Labute approximate surface area is 209 Å². The van der Waals surface area contributed by atoms with Crippen molar-refractivity contribution < 1.29 is 36.7 Å². The lowest BCUT2D eigenvalue weighted by Gasteiger charge is -2.27. The van der Waals surface area contributed by atoms with E-state index >= 15 is 0 Å². The Hall–Kier alpha value is -3.41. The summed E-state index contributed by atoms with van der Waals surface area (Å²) in [5.74, 6) is -1.98. The lowest BCUT2D eigenvalue weighted by atomic mass is 10.1. The Bertz CT molecular complexity index is 1220. The van der Waals surface area contributed by atoms with Crippen LogP contribution in [0.15, 0.2) is 30.3 Å². The SMILES string of the molecule is Cc1cc(C(F)(F)F)cc(N2C(=O)N(C(=O)OC(C)(C)C)C[C@H]2C(=O)N(C)c2ccc(F)c(Cl)c2)n1. The standard InChI is InChI=1S/C23H23ClF4N4O4/c1-12-8-13(23(26,27)28)9-18(29-12)32-17(11-31(20(32)34)21(35)36-22(2,3)4)19(33)30(5)14-6-7-16(25)15(24)10-14/h6-10,17H,11H2,1-5H3/t17-/m0/s1. The fourth-order valence-electron chi connectivity index (χ4n) is 3.49. The first-order valence-corrected chi connectivity index (χ1v) is 11.0. The lowest BCUT2D eigenvalue weighted by molar-refractivity contribution is -0.137. The number of benzene rings is 1. The van der Waals surface area contributed by atoms with Gasteiger partial charge in [0, 0.05) is 18.4 Å².